The minimum atomic E-state index is -4.37. The van der Waals surface area contributed by atoms with Crippen LogP contribution in [0.25, 0.3) is 0 Å². The van der Waals surface area contributed by atoms with Crippen molar-refractivity contribution in [2.75, 3.05) is 19.8 Å². The molecule has 3 unspecified atom stereocenters. The third-order valence-corrected chi connectivity index (χ3v) is 8.36. The highest BCUT2D eigenvalue weighted by atomic mass is 31.2. The normalized spacial score (nSPS) is 15.4. The largest absolute Gasteiger partial charge is 0.472 e. The summed E-state index contributed by atoms with van der Waals surface area (Å²) in [6, 6.07) is -0.918. The molecule has 8 nitrogen and oxygen atoms in total. The number of unbranched alkanes of at least 4 members (excludes halogenated alkanes) is 7. The summed E-state index contributed by atoms with van der Waals surface area (Å²) in [6.07, 6.45) is 48.9. The van der Waals surface area contributed by atoms with Crippen molar-refractivity contribution in [3.63, 3.8) is 0 Å². The molecular weight excluding hydrogens is 647 g/mol. The molecule has 1 amide bonds. The zero-order valence-electron chi connectivity index (χ0n) is 31.1. The van der Waals surface area contributed by atoms with E-state index in [0.29, 0.717) is 12.8 Å². The minimum Gasteiger partial charge on any atom is -0.387 e. The number of hydrogen-bond acceptors (Lipinski definition) is 6. The molecule has 0 spiro atoms. The van der Waals surface area contributed by atoms with Crippen LogP contribution in [0.2, 0.25) is 0 Å². The van der Waals surface area contributed by atoms with Crippen LogP contribution in [0, 0.1) is 0 Å². The molecule has 0 saturated carbocycles. The van der Waals surface area contributed by atoms with Crippen LogP contribution in [0.3, 0.4) is 0 Å². The van der Waals surface area contributed by atoms with Crippen molar-refractivity contribution >= 4 is 13.7 Å². The molecule has 50 heavy (non-hydrogen) atoms. The van der Waals surface area contributed by atoms with Gasteiger partial charge in [-0.25, -0.2) is 4.57 Å². The van der Waals surface area contributed by atoms with Crippen molar-refractivity contribution in [2.45, 2.75) is 135 Å². The molecule has 3 atom stereocenters. The van der Waals surface area contributed by atoms with Gasteiger partial charge >= 0.3 is 7.82 Å². The van der Waals surface area contributed by atoms with Gasteiger partial charge in [0.2, 0.25) is 5.91 Å². The summed E-state index contributed by atoms with van der Waals surface area (Å²) in [6.45, 7) is 3.88. The maximum atomic E-state index is 12.7. The van der Waals surface area contributed by atoms with Crippen molar-refractivity contribution in [3.8, 4) is 0 Å². The monoisotopic (exact) mass is 716 g/mol. The fourth-order valence-corrected chi connectivity index (χ4v) is 5.31. The second-order valence-corrected chi connectivity index (χ2v) is 13.5. The third kappa shape index (κ3) is 33.9. The lowest BCUT2D eigenvalue weighted by atomic mass is 10.1. The first-order valence-corrected chi connectivity index (χ1v) is 20.4. The van der Waals surface area contributed by atoms with Crippen LogP contribution in [0.1, 0.15) is 123 Å². The zero-order valence-corrected chi connectivity index (χ0v) is 32.0. The highest BCUT2D eigenvalue weighted by Crippen LogP contribution is 2.43. The van der Waals surface area contributed by atoms with E-state index in [2.05, 4.69) is 104 Å². The molecule has 0 aromatic carbocycles. The van der Waals surface area contributed by atoms with Crippen LogP contribution >= 0.6 is 7.82 Å². The number of amides is 1. The summed E-state index contributed by atoms with van der Waals surface area (Å²) in [5, 5.41) is 13.5. The van der Waals surface area contributed by atoms with Gasteiger partial charge in [-0.05, 0) is 83.5 Å². The number of hydrogen-bond donors (Lipinski definition) is 4. The smallest absolute Gasteiger partial charge is 0.387 e. The van der Waals surface area contributed by atoms with Crippen LogP contribution in [0.4, 0.5) is 0 Å². The number of carbonyl (C=O) groups is 1. The van der Waals surface area contributed by atoms with Gasteiger partial charge in [-0.2, -0.15) is 0 Å². The van der Waals surface area contributed by atoms with E-state index in [9.17, 15) is 19.4 Å². The van der Waals surface area contributed by atoms with E-state index < -0.39 is 26.6 Å². The number of carbonyl (C=O) groups excluding carboxylic acids is 1. The van der Waals surface area contributed by atoms with Gasteiger partial charge in [-0.1, -0.05) is 130 Å². The summed E-state index contributed by atoms with van der Waals surface area (Å²) in [5.74, 6) is -0.271. The molecule has 0 rings (SSSR count). The first-order valence-electron chi connectivity index (χ1n) is 18.9. The second kappa shape index (κ2) is 36.2. The molecule has 0 fully saturated rings. The Hall–Kier alpha value is -2.58. The predicted molar refractivity (Wildman–Crippen MR) is 212 cm³/mol. The number of allylic oxidation sites excluding steroid dienone is 15. The van der Waals surface area contributed by atoms with Crippen LogP contribution in [0.15, 0.2) is 97.2 Å². The predicted octanol–water partition coefficient (Wildman–Crippen LogP) is 10.0. The molecule has 0 aliphatic rings. The van der Waals surface area contributed by atoms with Crippen molar-refractivity contribution in [3.05, 3.63) is 97.2 Å². The number of aliphatic hydroxyl groups is 1. The number of phosphoric acid groups is 1. The van der Waals surface area contributed by atoms with E-state index in [-0.39, 0.29) is 25.5 Å². The first kappa shape index (κ1) is 47.4. The van der Waals surface area contributed by atoms with Crippen LogP contribution < -0.4 is 11.1 Å². The van der Waals surface area contributed by atoms with Crippen LogP contribution in [0.5, 0.6) is 0 Å². The second-order valence-electron chi connectivity index (χ2n) is 12.0. The molecule has 0 radical (unpaired) electrons. The minimum absolute atomic E-state index is 0.0571. The summed E-state index contributed by atoms with van der Waals surface area (Å²) in [5.41, 5.74) is 5.35. The molecular formula is C41H69N2O6P. The molecule has 284 valence electrons. The van der Waals surface area contributed by atoms with Gasteiger partial charge in [0.15, 0.2) is 0 Å². The lowest BCUT2D eigenvalue weighted by molar-refractivity contribution is -0.122. The fourth-order valence-electron chi connectivity index (χ4n) is 4.55. The van der Waals surface area contributed by atoms with Gasteiger partial charge in [-0.3, -0.25) is 13.8 Å². The topological polar surface area (TPSA) is 131 Å². The van der Waals surface area contributed by atoms with E-state index in [4.69, 9.17) is 14.8 Å². The molecule has 9 heteroatoms. The van der Waals surface area contributed by atoms with Crippen molar-refractivity contribution in [1.29, 1.82) is 0 Å². The average molecular weight is 717 g/mol. The van der Waals surface area contributed by atoms with Crippen LogP contribution in [-0.2, 0) is 18.4 Å². The van der Waals surface area contributed by atoms with Crippen molar-refractivity contribution in [2.24, 2.45) is 5.73 Å². The summed E-state index contributed by atoms with van der Waals surface area (Å²) >= 11 is 0. The summed E-state index contributed by atoms with van der Waals surface area (Å²) < 4.78 is 22.0. The average Bonchev–Trinajstić information content (AvgIpc) is 3.10. The summed E-state index contributed by atoms with van der Waals surface area (Å²) in [4.78, 5) is 22.6. The van der Waals surface area contributed by atoms with Gasteiger partial charge in [0.05, 0.1) is 25.4 Å². The molecule has 0 aliphatic carbocycles. The SMILES string of the molecule is CC/C=C\C/C=C\C/C=C\C/C=C\C/C=C\CCCC(=O)NC(COP(=O)(O)OCCN)C(O)/C=C/CC/C=C/CC/C=C/CCCCCC. The van der Waals surface area contributed by atoms with Crippen LogP contribution in [-0.4, -0.2) is 47.8 Å². The Balaban J connectivity index is 4.54. The standard InChI is InChI=1S/C41H69N2O6P/c1-3-5-7-9-11-13-15-17-19-20-21-23-25-27-29-31-33-35-41(45)43-39(38-49-50(46,47)48-37-36-42)40(44)34-32-30-28-26-24-22-18-16-14-12-10-8-6-4-2/h5,7,11,13-14,16-17,19,21,23-24,26-27,29,32,34,39-40,44H,3-4,6,8-10,12,15,18,20,22,25,28,30-31,33,35-38,42H2,1-2H3,(H,43,45)(H,46,47)/b7-5-,13-11-,16-14+,19-17-,23-21-,26-24+,29-27-,34-32+. The van der Waals surface area contributed by atoms with E-state index in [1.807, 2.05) is 6.08 Å². The quantitative estimate of drug-likeness (QED) is 0.0302. The summed E-state index contributed by atoms with van der Waals surface area (Å²) in [7, 11) is -4.37. The first-order chi connectivity index (χ1) is 24.4. The van der Waals surface area contributed by atoms with E-state index >= 15 is 0 Å². The highest BCUT2D eigenvalue weighted by molar-refractivity contribution is 7.47. The lowest BCUT2D eigenvalue weighted by Crippen LogP contribution is -2.45. The third-order valence-electron chi connectivity index (χ3n) is 7.37. The van der Waals surface area contributed by atoms with Gasteiger partial charge in [0.25, 0.3) is 0 Å². The Labute approximate surface area is 304 Å². The van der Waals surface area contributed by atoms with E-state index in [0.717, 1.165) is 64.2 Å². The maximum absolute atomic E-state index is 12.7. The molecule has 0 saturated heterocycles. The van der Waals surface area contributed by atoms with Gasteiger partial charge < -0.3 is 21.1 Å². The van der Waals surface area contributed by atoms with Gasteiger partial charge in [-0.15, -0.1) is 0 Å². The lowest BCUT2D eigenvalue weighted by Gasteiger charge is -2.23. The molecule has 0 aliphatic heterocycles. The molecule has 5 N–H and O–H groups in total. The Bertz CT molecular complexity index is 1090. The van der Waals surface area contributed by atoms with Crippen molar-refractivity contribution in [1.82, 2.24) is 5.32 Å². The number of rotatable bonds is 33. The Morgan fingerprint density at radius 2 is 1.18 bits per heavy atom. The molecule has 0 bridgehead atoms. The Morgan fingerprint density at radius 3 is 1.74 bits per heavy atom. The van der Waals surface area contributed by atoms with Gasteiger partial charge in [0, 0.05) is 13.0 Å². The van der Waals surface area contributed by atoms with E-state index in [1.54, 1.807) is 6.08 Å². The van der Waals surface area contributed by atoms with E-state index in [1.165, 1.54) is 25.7 Å². The zero-order chi connectivity index (χ0) is 36.8. The number of nitrogens with two attached hydrogens (primary N) is 1. The molecule has 0 aromatic rings. The number of phosphoric ester groups is 1. The number of nitrogens with one attached hydrogen (secondary N) is 1. The maximum Gasteiger partial charge on any atom is 0.472 e. The highest BCUT2D eigenvalue weighted by Gasteiger charge is 2.26. The Kier molecular flexibility index (Phi) is 34.4. The number of aliphatic hydroxyl groups excluding tert-OH is 1. The van der Waals surface area contributed by atoms with Crippen molar-refractivity contribution < 1.29 is 28.4 Å². The fraction of sp³-hybridized carbons (Fsp3) is 0.585. The Morgan fingerprint density at radius 1 is 0.680 bits per heavy atom. The molecule has 0 heterocycles. The van der Waals surface area contributed by atoms with Gasteiger partial charge in [0.1, 0.15) is 0 Å². The molecule has 0 aromatic heterocycles.